The minimum atomic E-state index is -3.77. The number of nitrogens with zero attached hydrogens (tertiary/aromatic N) is 2. The van der Waals surface area contributed by atoms with E-state index in [4.69, 9.17) is 0 Å². The van der Waals surface area contributed by atoms with Gasteiger partial charge in [0.1, 0.15) is 18.4 Å². The Morgan fingerprint density at radius 3 is 2.18 bits per heavy atom. The van der Waals surface area contributed by atoms with Gasteiger partial charge in [0.15, 0.2) is 0 Å². The molecule has 0 aliphatic carbocycles. The number of nitrogens with one attached hydrogen (secondary N) is 1. The lowest BCUT2D eigenvalue weighted by Gasteiger charge is -2.33. The van der Waals surface area contributed by atoms with Gasteiger partial charge in [-0.2, -0.15) is 0 Å². The SMILES string of the molecule is CCCCNC(=O)C(CC)N(Cc1ccc(F)cc1)C(=O)CN(c1ccc(C)cc1)S(C)(=O)=O. The Hall–Kier alpha value is -2.94. The van der Waals surface area contributed by atoms with Crippen LogP contribution in [-0.2, 0) is 26.2 Å². The standard InChI is InChI=1S/C25H34FN3O4S/c1-5-7-16-27-25(31)23(6-2)28(17-20-10-12-21(26)13-11-20)24(30)18-29(34(4,32)33)22-14-8-19(3)9-15-22/h8-15,23H,5-7,16-18H2,1-4H3,(H,27,31). The number of carbonyl (C=O) groups is 2. The summed E-state index contributed by atoms with van der Waals surface area (Å²) in [5, 5.41) is 2.86. The molecule has 1 atom stereocenters. The maximum absolute atomic E-state index is 13.5. The third kappa shape index (κ3) is 7.83. The summed E-state index contributed by atoms with van der Waals surface area (Å²) in [6.07, 6.45) is 3.10. The highest BCUT2D eigenvalue weighted by Gasteiger charge is 2.31. The fourth-order valence-corrected chi connectivity index (χ4v) is 4.39. The van der Waals surface area contributed by atoms with Crippen LogP contribution >= 0.6 is 0 Å². The van der Waals surface area contributed by atoms with E-state index in [1.165, 1.54) is 17.0 Å². The van der Waals surface area contributed by atoms with Crippen molar-refractivity contribution in [1.82, 2.24) is 10.2 Å². The second kappa shape index (κ2) is 12.5. The molecule has 2 rings (SSSR count). The first-order valence-corrected chi connectivity index (χ1v) is 13.3. The summed E-state index contributed by atoms with van der Waals surface area (Å²) in [4.78, 5) is 27.8. The molecule has 0 heterocycles. The monoisotopic (exact) mass is 491 g/mol. The fraction of sp³-hybridized carbons (Fsp3) is 0.440. The smallest absolute Gasteiger partial charge is 0.244 e. The summed E-state index contributed by atoms with van der Waals surface area (Å²) in [5.74, 6) is -1.23. The van der Waals surface area contributed by atoms with Crippen molar-refractivity contribution in [2.75, 3.05) is 23.7 Å². The van der Waals surface area contributed by atoms with E-state index in [1.807, 2.05) is 13.8 Å². The molecule has 9 heteroatoms. The highest BCUT2D eigenvalue weighted by molar-refractivity contribution is 7.92. The van der Waals surface area contributed by atoms with Gasteiger partial charge < -0.3 is 10.2 Å². The number of aryl methyl sites for hydroxylation is 1. The third-order valence-electron chi connectivity index (χ3n) is 5.48. The Morgan fingerprint density at radius 1 is 1.03 bits per heavy atom. The summed E-state index contributed by atoms with van der Waals surface area (Å²) < 4.78 is 39.6. The highest BCUT2D eigenvalue weighted by atomic mass is 32.2. The van der Waals surface area contributed by atoms with Crippen molar-refractivity contribution in [2.24, 2.45) is 0 Å². The number of hydrogen-bond acceptors (Lipinski definition) is 4. The van der Waals surface area contributed by atoms with E-state index in [0.29, 0.717) is 24.2 Å². The number of anilines is 1. The number of hydrogen-bond donors (Lipinski definition) is 1. The maximum Gasteiger partial charge on any atom is 0.244 e. The van der Waals surface area contributed by atoms with Crippen LogP contribution in [0, 0.1) is 12.7 Å². The van der Waals surface area contributed by atoms with Crippen molar-refractivity contribution in [3.05, 3.63) is 65.5 Å². The largest absolute Gasteiger partial charge is 0.354 e. The second-order valence-electron chi connectivity index (χ2n) is 8.32. The van der Waals surface area contributed by atoms with Gasteiger partial charge in [0, 0.05) is 13.1 Å². The van der Waals surface area contributed by atoms with Crippen LogP contribution < -0.4 is 9.62 Å². The fourth-order valence-electron chi connectivity index (χ4n) is 3.54. The Balaban J connectivity index is 2.37. The summed E-state index contributed by atoms with van der Waals surface area (Å²) in [6.45, 7) is 5.77. The van der Waals surface area contributed by atoms with Gasteiger partial charge >= 0.3 is 0 Å². The zero-order chi connectivity index (χ0) is 25.3. The quantitative estimate of drug-likeness (QED) is 0.460. The van der Waals surface area contributed by atoms with Gasteiger partial charge in [-0.25, -0.2) is 12.8 Å². The van der Waals surface area contributed by atoms with Gasteiger partial charge in [-0.3, -0.25) is 13.9 Å². The van der Waals surface area contributed by atoms with E-state index in [2.05, 4.69) is 5.32 Å². The van der Waals surface area contributed by atoms with Crippen LogP contribution in [-0.4, -0.2) is 50.5 Å². The third-order valence-corrected chi connectivity index (χ3v) is 6.62. The maximum atomic E-state index is 13.5. The number of sulfonamides is 1. The van der Waals surface area contributed by atoms with Gasteiger partial charge in [0.05, 0.1) is 11.9 Å². The topological polar surface area (TPSA) is 86.8 Å². The summed E-state index contributed by atoms with van der Waals surface area (Å²) >= 11 is 0. The first kappa shape index (κ1) is 27.3. The molecule has 186 valence electrons. The van der Waals surface area contributed by atoms with E-state index in [0.717, 1.165) is 29.0 Å². The Labute approximate surface area is 202 Å². The van der Waals surface area contributed by atoms with Crippen molar-refractivity contribution in [1.29, 1.82) is 0 Å². The number of carbonyl (C=O) groups excluding carboxylic acids is 2. The molecule has 34 heavy (non-hydrogen) atoms. The lowest BCUT2D eigenvalue weighted by Crippen LogP contribution is -2.52. The van der Waals surface area contributed by atoms with E-state index in [1.54, 1.807) is 43.3 Å². The molecule has 0 aliphatic heterocycles. The van der Waals surface area contributed by atoms with Gasteiger partial charge in [-0.15, -0.1) is 0 Å². The highest BCUT2D eigenvalue weighted by Crippen LogP contribution is 2.20. The van der Waals surface area contributed by atoms with Crippen LogP contribution in [0.15, 0.2) is 48.5 Å². The normalized spacial score (nSPS) is 12.1. The lowest BCUT2D eigenvalue weighted by atomic mass is 10.1. The van der Waals surface area contributed by atoms with E-state index < -0.39 is 34.3 Å². The molecule has 1 N–H and O–H groups in total. The molecule has 0 spiro atoms. The number of unbranched alkanes of at least 4 members (excludes halogenated alkanes) is 1. The number of halogens is 1. The molecule has 0 bridgehead atoms. The lowest BCUT2D eigenvalue weighted by molar-refractivity contribution is -0.140. The first-order valence-electron chi connectivity index (χ1n) is 11.4. The number of benzene rings is 2. The second-order valence-corrected chi connectivity index (χ2v) is 10.2. The predicted molar refractivity (Wildman–Crippen MR) is 132 cm³/mol. The van der Waals surface area contributed by atoms with E-state index in [-0.39, 0.29) is 12.5 Å². The summed E-state index contributed by atoms with van der Waals surface area (Å²) in [7, 11) is -3.77. The van der Waals surface area contributed by atoms with Crippen LogP contribution in [0.3, 0.4) is 0 Å². The zero-order valence-corrected chi connectivity index (χ0v) is 21.1. The van der Waals surface area contributed by atoms with Gasteiger partial charge in [-0.1, -0.05) is 50.1 Å². The van der Waals surface area contributed by atoms with Crippen LogP contribution in [0.25, 0.3) is 0 Å². The molecule has 0 aliphatic rings. The first-order chi connectivity index (χ1) is 16.1. The van der Waals surface area contributed by atoms with Gasteiger partial charge in [0.2, 0.25) is 21.8 Å². The van der Waals surface area contributed by atoms with E-state index in [9.17, 15) is 22.4 Å². The molecule has 2 amide bonds. The summed E-state index contributed by atoms with van der Waals surface area (Å²) in [6, 6.07) is 11.7. The Morgan fingerprint density at radius 2 is 1.65 bits per heavy atom. The van der Waals surface area contributed by atoms with Crippen molar-refractivity contribution in [3.8, 4) is 0 Å². The van der Waals surface area contributed by atoms with Crippen molar-refractivity contribution in [2.45, 2.75) is 52.6 Å². The molecule has 0 saturated carbocycles. The average Bonchev–Trinajstić information content (AvgIpc) is 2.78. The number of rotatable bonds is 12. The van der Waals surface area contributed by atoms with Crippen molar-refractivity contribution in [3.63, 3.8) is 0 Å². The molecule has 0 fully saturated rings. The molecule has 0 aromatic heterocycles. The molecule has 2 aromatic rings. The van der Waals surface area contributed by atoms with Crippen molar-refractivity contribution >= 4 is 27.5 Å². The van der Waals surface area contributed by atoms with Crippen LogP contribution in [0.2, 0.25) is 0 Å². The van der Waals surface area contributed by atoms with Crippen molar-refractivity contribution < 1.29 is 22.4 Å². The van der Waals surface area contributed by atoms with Gasteiger partial charge in [-0.05, 0) is 49.6 Å². The predicted octanol–water partition coefficient (Wildman–Crippen LogP) is 3.62. The molecular weight excluding hydrogens is 457 g/mol. The van der Waals surface area contributed by atoms with E-state index >= 15 is 0 Å². The summed E-state index contributed by atoms with van der Waals surface area (Å²) in [5.41, 5.74) is 1.95. The molecular formula is C25H34FN3O4S. The van der Waals surface area contributed by atoms with Gasteiger partial charge in [0.25, 0.3) is 0 Å². The molecule has 0 saturated heterocycles. The Kier molecular flexibility index (Phi) is 10.0. The average molecular weight is 492 g/mol. The number of amides is 2. The zero-order valence-electron chi connectivity index (χ0n) is 20.3. The minimum Gasteiger partial charge on any atom is -0.354 e. The molecule has 2 aromatic carbocycles. The molecule has 1 unspecified atom stereocenters. The van der Waals surface area contributed by atoms with Crippen LogP contribution in [0.4, 0.5) is 10.1 Å². The van der Waals surface area contributed by atoms with Crippen LogP contribution in [0.1, 0.15) is 44.2 Å². The Bertz CT molecular complexity index is 1060. The van der Waals surface area contributed by atoms with Crippen LogP contribution in [0.5, 0.6) is 0 Å². The molecule has 7 nitrogen and oxygen atoms in total. The molecule has 0 radical (unpaired) electrons. The minimum absolute atomic E-state index is 0.0459.